The zero-order valence-corrected chi connectivity index (χ0v) is 7.41. The Morgan fingerprint density at radius 1 is 1.83 bits per heavy atom. The highest BCUT2D eigenvalue weighted by Crippen LogP contribution is 1.95. The van der Waals surface area contributed by atoms with Crippen LogP contribution in [0.25, 0.3) is 0 Å². The molecule has 12 heavy (non-hydrogen) atoms. The molecule has 0 spiro atoms. The van der Waals surface area contributed by atoms with E-state index >= 15 is 0 Å². The van der Waals surface area contributed by atoms with Gasteiger partial charge in [-0.1, -0.05) is 5.92 Å². The second-order valence-electron chi connectivity index (χ2n) is 2.72. The van der Waals surface area contributed by atoms with Crippen LogP contribution in [0.5, 0.6) is 0 Å². The summed E-state index contributed by atoms with van der Waals surface area (Å²) in [5.41, 5.74) is 1.14. The molecule has 0 amide bonds. The largest absolute Gasteiger partial charge is 0.298 e. The predicted octanol–water partition coefficient (Wildman–Crippen LogP) is 0.531. The van der Waals surface area contributed by atoms with E-state index < -0.39 is 0 Å². The van der Waals surface area contributed by atoms with Gasteiger partial charge in [-0.2, -0.15) is 5.10 Å². The number of terminal acetylenes is 1. The topological polar surface area (TPSA) is 29.9 Å². The van der Waals surface area contributed by atoms with Gasteiger partial charge in [-0.15, -0.1) is 6.42 Å². The molecule has 1 rings (SSSR count). The van der Waals surface area contributed by atoms with Crippen molar-refractivity contribution >= 4 is 0 Å². The third-order valence-electron chi connectivity index (χ3n) is 1.76. The van der Waals surface area contributed by atoms with E-state index in [9.17, 15) is 0 Å². The van der Waals surface area contributed by atoms with Gasteiger partial charge in [-0.25, -0.2) is 0 Å². The number of aryl methyl sites for hydroxylation is 1. The highest BCUT2D eigenvalue weighted by atomic mass is 15.3. The summed E-state index contributed by atoms with van der Waals surface area (Å²) in [4.78, 5) is 0. The van der Waals surface area contributed by atoms with Crippen LogP contribution >= 0.6 is 0 Å². The number of hydrogen-bond acceptors (Lipinski definition) is 2. The second kappa shape index (κ2) is 3.93. The van der Waals surface area contributed by atoms with Crippen molar-refractivity contribution in [1.82, 2.24) is 15.1 Å². The van der Waals surface area contributed by atoms with Crippen LogP contribution in [-0.2, 0) is 13.6 Å². The molecule has 1 aromatic heterocycles. The Morgan fingerprint density at radius 3 is 3.08 bits per heavy atom. The standard InChI is InChI=1S/C9H13N3/c1-4-8(2)10-7-9-5-6-11-12(9)3/h1,5-6,8,10H,7H2,2-3H3. The molecule has 0 aromatic carbocycles. The van der Waals surface area contributed by atoms with Gasteiger partial charge in [0.25, 0.3) is 0 Å². The predicted molar refractivity (Wildman–Crippen MR) is 48.3 cm³/mol. The van der Waals surface area contributed by atoms with Crippen molar-refractivity contribution in [2.75, 3.05) is 0 Å². The Kier molecular flexibility index (Phi) is 2.89. The minimum atomic E-state index is 0.111. The fraction of sp³-hybridized carbons (Fsp3) is 0.444. The first-order valence-corrected chi connectivity index (χ1v) is 3.90. The van der Waals surface area contributed by atoms with Gasteiger partial charge in [0.05, 0.1) is 11.7 Å². The smallest absolute Gasteiger partial charge is 0.0661 e. The van der Waals surface area contributed by atoms with Crippen molar-refractivity contribution in [2.24, 2.45) is 7.05 Å². The van der Waals surface area contributed by atoms with Crippen LogP contribution in [0.2, 0.25) is 0 Å². The lowest BCUT2D eigenvalue weighted by Crippen LogP contribution is -2.24. The summed E-state index contributed by atoms with van der Waals surface area (Å²) in [6.07, 6.45) is 6.99. The summed E-state index contributed by atoms with van der Waals surface area (Å²) in [7, 11) is 1.91. The SMILES string of the molecule is C#CC(C)NCc1ccnn1C. The summed E-state index contributed by atoms with van der Waals surface area (Å²) >= 11 is 0. The zero-order valence-electron chi connectivity index (χ0n) is 7.41. The van der Waals surface area contributed by atoms with Gasteiger partial charge in [0.15, 0.2) is 0 Å². The van der Waals surface area contributed by atoms with E-state index in [1.54, 1.807) is 6.20 Å². The molecule has 0 radical (unpaired) electrons. The normalized spacial score (nSPS) is 12.4. The Morgan fingerprint density at radius 2 is 2.58 bits per heavy atom. The minimum absolute atomic E-state index is 0.111. The summed E-state index contributed by atoms with van der Waals surface area (Å²) in [5, 5.41) is 7.22. The maximum Gasteiger partial charge on any atom is 0.0661 e. The molecule has 0 fully saturated rings. The van der Waals surface area contributed by atoms with E-state index in [0.29, 0.717) is 0 Å². The quantitative estimate of drug-likeness (QED) is 0.659. The lowest BCUT2D eigenvalue weighted by atomic mass is 10.3. The van der Waals surface area contributed by atoms with E-state index in [2.05, 4.69) is 16.3 Å². The van der Waals surface area contributed by atoms with Gasteiger partial charge < -0.3 is 0 Å². The first-order chi connectivity index (χ1) is 5.74. The van der Waals surface area contributed by atoms with Crippen molar-refractivity contribution in [2.45, 2.75) is 19.5 Å². The molecule has 3 nitrogen and oxygen atoms in total. The first-order valence-electron chi connectivity index (χ1n) is 3.90. The van der Waals surface area contributed by atoms with E-state index in [1.807, 2.05) is 24.7 Å². The number of aromatic nitrogens is 2. The van der Waals surface area contributed by atoms with Gasteiger partial charge in [0, 0.05) is 19.8 Å². The van der Waals surface area contributed by atoms with Crippen molar-refractivity contribution in [3.8, 4) is 12.3 Å². The van der Waals surface area contributed by atoms with Crippen LogP contribution in [0, 0.1) is 12.3 Å². The summed E-state index contributed by atoms with van der Waals surface area (Å²) < 4.78 is 1.83. The van der Waals surface area contributed by atoms with Crippen LogP contribution in [0.1, 0.15) is 12.6 Å². The minimum Gasteiger partial charge on any atom is -0.298 e. The summed E-state index contributed by atoms with van der Waals surface area (Å²) in [6, 6.07) is 2.08. The number of nitrogens with zero attached hydrogens (tertiary/aromatic N) is 2. The molecule has 3 heteroatoms. The van der Waals surface area contributed by atoms with Gasteiger partial charge in [0.2, 0.25) is 0 Å². The maximum atomic E-state index is 5.21. The molecular formula is C9H13N3. The zero-order chi connectivity index (χ0) is 8.97. The molecule has 0 aliphatic heterocycles. The Hall–Kier alpha value is -1.27. The summed E-state index contributed by atoms with van der Waals surface area (Å²) in [5.74, 6) is 2.61. The van der Waals surface area contributed by atoms with Gasteiger partial charge >= 0.3 is 0 Å². The maximum absolute atomic E-state index is 5.21. The summed E-state index contributed by atoms with van der Waals surface area (Å²) in [6.45, 7) is 2.72. The number of nitrogens with one attached hydrogen (secondary N) is 1. The molecule has 64 valence electrons. The fourth-order valence-electron chi connectivity index (χ4n) is 0.891. The molecule has 1 unspecified atom stereocenters. The van der Waals surface area contributed by atoms with Crippen LogP contribution in [-0.4, -0.2) is 15.8 Å². The molecule has 0 aliphatic rings. The van der Waals surface area contributed by atoms with E-state index in [1.165, 1.54) is 0 Å². The van der Waals surface area contributed by atoms with Crippen molar-refractivity contribution in [1.29, 1.82) is 0 Å². The Balaban J connectivity index is 2.44. The molecular weight excluding hydrogens is 150 g/mol. The monoisotopic (exact) mass is 163 g/mol. The van der Waals surface area contributed by atoms with Crippen molar-refractivity contribution in [3.63, 3.8) is 0 Å². The van der Waals surface area contributed by atoms with E-state index in [4.69, 9.17) is 6.42 Å². The molecule has 1 N–H and O–H groups in total. The van der Waals surface area contributed by atoms with E-state index in [-0.39, 0.29) is 6.04 Å². The van der Waals surface area contributed by atoms with Gasteiger partial charge in [-0.05, 0) is 13.0 Å². The molecule has 0 bridgehead atoms. The molecule has 1 heterocycles. The number of rotatable bonds is 3. The molecule has 0 aliphatic carbocycles. The third-order valence-corrected chi connectivity index (χ3v) is 1.76. The van der Waals surface area contributed by atoms with Crippen molar-refractivity contribution < 1.29 is 0 Å². The number of hydrogen-bond donors (Lipinski definition) is 1. The average molecular weight is 163 g/mol. The highest BCUT2D eigenvalue weighted by molar-refractivity contribution is 5.02. The molecule has 0 saturated carbocycles. The third kappa shape index (κ3) is 2.11. The van der Waals surface area contributed by atoms with Crippen LogP contribution in [0.15, 0.2) is 12.3 Å². The van der Waals surface area contributed by atoms with E-state index in [0.717, 1.165) is 12.2 Å². The van der Waals surface area contributed by atoms with Crippen LogP contribution < -0.4 is 5.32 Å². The Labute approximate surface area is 72.8 Å². The van der Waals surface area contributed by atoms with Gasteiger partial charge in [0.1, 0.15) is 0 Å². The average Bonchev–Trinajstić information content (AvgIpc) is 2.47. The molecule has 1 atom stereocenters. The lowest BCUT2D eigenvalue weighted by molar-refractivity contribution is 0.601. The second-order valence-corrected chi connectivity index (χ2v) is 2.72. The van der Waals surface area contributed by atoms with Crippen LogP contribution in [0.3, 0.4) is 0 Å². The fourth-order valence-corrected chi connectivity index (χ4v) is 0.891. The van der Waals surface area contributed by atoms with Crippen molar-refractivity contribution in [3.05, 3.63) is 18.0 Å². The highest BCUT2D eigenvalue weighted by Gasteiger charge is 1.99. The first kappa shape index (κ1) is 8.82. The van der Waals surface area contributed by atoms with Crippen LogP contribution in [0.4, 0.5) is 0 Å². The molecule has 1 aromatic rings. The Bertz CT molecular complexity index is 282. The van der Waals surface area contributed by atoms with Gasteiger partial charge in [-0.3, -0.25) is 10.00 Å². The lowest BCUT2D eigenvalue weighted by Gasteiger charge is -2.06. The molecule has 0 saturated heterocycles.